The minimum atomic E-state index is -0.543. The molecule has 4 N–H and O–H groups in total. The summed E-state index contributed by atoms with van der Waals surface area (Å²) in [7, 11) is 1.52. The van der Waals surface area contributed by atoms with Crippen LogP contribution in [-0.2, 0) is 0 Å². The molecule has 2 aromatic carbocycles. The lowest BCUT2D eigenvalue weighted by Crippen LogP contribution is -2.38. The highest BCUT2D eigenvalue weighted by Crippen LogP contribution is 2.25. The van der Waals surface area contributed by atoms with Crippen LogP contribution in [0.25, 0.3) is 10.2 Å². The highest BCUT2D eigenvalue weighted by atomic mass is 32.1. The lowest BCUT2D eigenvalue weighted by Gasteiger charge is -2.11. The van der Waals surface area contributed by atoms with E-state index < -0.39 is 6.03 Å². The Morgan fingerprint density at radius 1 is 1.12 bits per heavy atom. The zero-order chi connectivity index (χ0) is 16.9. The van der Waals surface area contributed by atoms with Gasteiger partial charge in [0.05, 0.1) is 23.0 Å². The number of methoxy groups -OCH3 is 1. The van der Waals surface area contributed by atoms with Crippen molar-refractivity contribution in [1.82, 2.24) is 10.3 Å². The van der Waals surface area contributed by atoms with Crippen LogP contribution in [0.4, 0.5) is 15.6 Å². The molecule has 0 aliphatic carbocycles. The molecule has 3 rings (SSSR count). The third-order valence-corrected chi connectivity index (χ3v) is 4.07. The Kier molecular flexibility index (Phi) is 4.57. The first kappa shape index (κ1) is 15.8. The Morgan fingerprint density at radius 3 is 2.67 bits per heavy atom. The molecular formula is C16H15N5O2S. The summed E-state index contributed by atoms with van der Waals surface area (Å²) in [6.45, 7) is 0. The summed E-state index contributed by atoms with van der Waals surface area (Å²) in [5, 5.41) is 16.2. The number of nitrogens with one attached hydrogen (secondary N) is 4. The Bertz CT molecular complexity index is 860. The van der Waals surface area contributed by atoms with E-state index in [0.29, 0.717) is 16.6 Å². The number of carbonyl (C=O) groups excluding carboxylic acids is 1. The first-order valence-electron chi connectivity index (χ1n) is 7.08. The van der Waals surface area contributed by atoms with E-state index in [1.54, 1.807) is 24.3 Å². The quantitative estimate of drug-likeness (QED) is 0.433. The fourth-order valence-electron chi connectivity index (χ4n) is 2.08. The van der Waals surface area contributed by atoms with E-state index in [2.05, 4.69) is 20.9 Å². The average Bonchev–Trinajstić information content (AvgIpc) is 2.97. The summed E-state index contributed by atoms with van der Waals surface area (Å²) < 4.78 is 6.17. The zero-order valence-corrected chi connectivity index (χ0v) is 13.6. The molecule has 8 heteroatoms. The van der Waals surface area contributed by atoms with Crippen LogP contribution >= 0.6 is 11.3 Å². The van der Waals surface area contributed by atoms with E-state index in [-0.39, 0.29) is 5.96 Å². The van der Waals surface area contributed by atoms with Crippen LogP contribution in [0.15, 0.2) is 48.5 Å². The number of aromatic nitrogens is 1. The van der Waals surface area contributed by atoms with Crippen molar-refractivity contribution in [2.45, 2.75) is 0 Å². The fourth-order valence-corrected chi connectivity index (χ4v) is 2.95. The van der Waals surface area contributed by atoms with Gasteiger partial charge in [0.25, 0.3) is 0 Å². The number of ether oxygens (including phenoxy) is 1. The lowest BCUT2D eigenvalue weighted by atomic mass is 10.3. The number of carbonyl (C=O) groups is 1. The van der Waals surface area contributed by atoms with Crippen molar-refractivity contribution in [3.8, 4) is 5.75 Å². The largest absolute Gasteiger partial charge is 0.495 e. The number of guanidine groups is 1. The van der Waals surface area contributed by atoms with Crippen molar-refractivity contribution in [1.29, 1.82) is 5.41 Å². The van der Waals surface area contributed by atoms with Gasteiger partial charge < -0.3 is 15.4 Å². The second-order valence-electron chi connectivity index (χ2n) is 4.77. The van der Waals surface area contributed by atoms with E-state index in [4.69, 9.17) is 10.1 Å². The Morgan fingerprint density at radius 2 is 1.88 bits per heavy atom. The summed E-state index contributed by atoms with van der Waals surface area (Å²) in [5.74, 6) is 0.375. The van der Waals surface area contributed by atoms with Crippen LogP contribution in [0.2, 0.25) is 0 Å². The van der Waals surface area contributed by atoms with E-state index in [9.17, 15) is 4.79 Å². The molecule has 122 valence electrons. The SMILES string of the molecule is COc1ccccc1NC(=O)NC(=N)Nc1nc2ccccc2s1. The number of nitrogens with zero attached hydrogens (tertiary/aromatic N) is 1. The molecular weight excluding hydrogens is 326 g/mol. The van der Waals surface area contributed by atoms with Crippen molar-refractivity contribution in [2.75, 3.05) is 17.7 Å². The molecule has 0 bridgehead atoms. The maximum Gasteiger partial charge on any atom is 0.326 e. The molecule has 0 spiro atoms. The fraction of sp³-hybridized carbons (Fsp3) is 0.0625. The summed E-state index contributed by atoms with van der Waals surface area (Å²) >= 11 is 1.41. The number of hydrogen-bond acceptors (Lipinski definition) is 5. The van der Waals surface area contributed by atoms with Crippen LogP contribution in [-0.4, -0.2) is 24.1 Å². The summed E-state index contributed by atoms with van der Waals surface area (Å²) in [6.07, 6.45) is 0. The maximum absolute atomic E-state index is 12.0. The molecule has 0 atom stereocenters. The average molecular weight is 341 g/mol. The maximum atomic E-state index is 12.0. The van der Waals surface area contributed by atoms with Gasteiger partial charge in [-0.1, -0.05) is 35.6 Å². The molecule has 3 aromatic rings. The van der Waals surface area contributed by atoms with Crippen molar-refractivity contribution in [3.05, 3.63) is 48.5 Å². The number of rotatable bonds is 3. The normalized spacial score (nSPS) is 10.2. The van der Waals surface area contributed by atoms with E-state index in [0.717, 1.165) is 10.2 Å². The van der Waals surface area contributed by atoms with Crippen molar-refractivity contribution >= 4 is 44.4 Å². The molecule has 1 aromatic heterocycles. The first-order chi connectivity index (χ1) is 11.7. The monoisotopic (exact) mass is 341 g/mol. The number of amides is 2. The van der Waals surface area contributed by atoms with Gasteiger partial charge in [0.1, 0.15) is 5.75 Å². The standard InChI is InChI=1S/C16H15N5O2S/c1-23-12-8-4-2-6-10(12)18-15(22)20-14(17)21-16-19-11-7-3-5-9-13(11)24-16/h2-9H,1H3,(H4,17,18,19,20,21,22). The number of benzene rings is 2. The number of para-hydroxylation sites is 3. The Labute approximate surface area is 142 Å². The molecule has 1 heterocycles. The van der Waals surface area contributed by atoms with Gasteiger partial charge in [-0.05, 0) is 24.3 Å². The minimum absolute atomic E-state index is 0.165. The van der Waals surface area contributed by atoms with E-state index >= 15 is 0 Å². The van der Waals surface area contributed by atoms with Gasteiger partial charge >= 0.3 is 6.03 Å². The van der Waals surface area contributed by atoms with E-state index in [1.807, 2.05) is 24.3 Å². The van der Waals surface area contributed by atoms with E-state index in [1.165, 1.54) is 18.4 Å². The second-order valence-corrected chi connectivity index (χ2v) is 5.80. The molecule has 0 radical (unpaired) electrons. The van der Waals surface area contributed by atoms with Gasteiger partial charge in [0.15, 0.2) is 5.13 Å². The third kappa shape index (κ3) is 3.61. The minimum Gasteiger partial charge on any atom is -0.495 e. The molecule has 0 unspecified atom stereocenters. The van der Waals surface area contributed by atoms with Crippen molar-refractivity contribution < 1.29 is 9.53 Å². The lowest BCUT2D eigenvalue weighted by molar-refractivity contribution is 0.256. The number of anilines is 2. The topological polar surface area (TPSA) is 99.1 Å². The molecule has 7 nitrogen and oxygen atoms in total. The number of thiazole rings is 1. The summed E-state index contributed by atoms with van der Waals surface area (Å²) in [5.41, 5.74) is 1.36. The number of urea groups is 1. The van der Waals surface area contributed by atoms with Gasteiger partial charge in [-0.15, -0.1) is 0 Å². The first-order valence-corrected chi connectivity index (χ1v) is 7.89. The van der Waals surface area contributed by atoms with Gasteiger partial charge in [-0.25, -0.2) is 9.78 Å². The van der Waals surface area contributed by atoms with Crippen LogP contribution in [0, 0.1) is 5.41 Å². The predicted molar refractivity (Wildman–Crippen MR) is 96.1 cm³/mol. The Balaban J connectivity index is 1.60. The predicted octanol–water partition coefficient (Wildman–Crippen LogP) is 3.47. The molecule has 0 aliphatic heterocycles. The molecule has 2 amide bonds. The molecule has 0 fully saturated rings. The molecule has 0 aliphatic rings. The molecule has 24 heavy (non-hydrogen) atoms. The molecule has 0 saturated carbocycles. The Hall–Kier alpha value is -3.13. The van der Waals surface area contributed by atoms with Gasteiger partial charge in [0, 0.05) is 0 Å². The highest BCUT2D eigenvalue weighted by Gasteiger charge is 2.10. The van der Waals surface area contributed by atoms with Crippen LogP contribution in [0.1, 0.15) is 0 Å². The molecule has 0 saturated heterocycles. The van der Waals surface area contributed by atoms with Crippen LogP contribution < -0.4 is 20.7 Å². The van der Waals surface area contributed by atoms with Crippen LogP contribution in [0.3, 0.4) is 0 Å². The second kappa shape index (κ2) is 6.97. The smallest absolute Gasteiger partial charge is 0.326 e. The highest BCUT2D eigenvalue weighted by molar-refractivity contribution is 7.22. The summed E-state index contributed by atoms with van der Waals surface area (Å²) in [4.78, 5) is 16.3. The summed E-state index contributed by atoms with van der Waals surface area (Å²) in [6, 6.07) is 14.2. The van der Waals surface area contributed by atoms with Crippen LogP contribution in [0.5, 0.6) is 5.75 Å². The van der Waals surface area contributed by atoms with Gasteiger partial charge in [-0.2, -0.15) is 0 Å². The number of fused-ring (bicyclic) bond motifs is 1. The zero-order valence-electron chi connectivity index (χ0n) is 12.8. The van der Waals surface area contributed by atoms with Crippen molar-refractivity contribution in [3.63, 3.8) is 0 Å². The van der Waals surface area contributed by atoms with Gasteiger partial charge in [0.2, 0.25) is 5.96 Å². The third-order valence-electron chi connectivity index (χ3n) is 3.12. The van der Waals surface area contributed by atoms with Crippen molar-refractivity contribution in [2.24, 2.45) is 0 Å². The number of hydrogen-bond donors (Lipinski definition) is 4. The van der Waals surface area contributed by atoms with Gasteiger partial charge in [-0.3, -0.25) is 10.7 Å².